The summed E-state index contributed by atoms with van der Waals surface area (Å²) in [6.07, 6.45) is 2.73. The molecular formula is C13H17N3S. The number of aromatic nitrogens is 2. The van der Waals surface area contributed by atoms with Gasteiger partial charge in [0.25, 0.3) is 0 Å². The number of hydrogen-bond donors (Lipinski definition) is 1. The summed E-state index contributed by atoms with van der Waals surface area (Å²) in [4.78, 5) is 10.3. The average Bonchev–Trinajstić information content (AvgIpc) is 2.67. The maximum absolute atomic E-state index is 4.57. The van der Waals surface area contributed by atoms with Crippen LogP contribution in [0.3, 0.4) is 0 Å². The first-order valence-electron chi connectivity index (χ1n) is 5.72. The van der Waals surface area contributed by atoms with Gasteiger partial charge in [-0.3, -0.25) is 4.98 Å². The van der Waals surface area contributed by atoms with E-state index in [1.807, 2.05) is 25.4 Å². The Balaban J connectivity index is 2.15. The molecule has 0 aliphatic carbocycles. The fourth-order valence-corrected chi connectivity index (χ4v) is 2.72. The highest BCUT2D eigenvalue weighted by Gasteiger charge is 2.14. The van der Waals surface area contributed by atoms with Crippen molar-refractivity contribution in [3.05, 3.63) is 45.7 Å². The standard InChI is InChI=1S/C13H17N3S/c1-9-10(2)17-13(16-9)8-12(14-3)11-6-4-5-7-15-11/h4-7,12,14H,8H2,1-3H3. The molecular weight excluding hydrogens is 230 g/mol. The normalized spacial score (nSPS) is 12.6. The molecule has 2 aromatic heterocycles. The van der Waals surface area contributed by atoms with Gasteiger partial charge in [0.05, 0.1) is 22.4 Å². The predicted octanol–water partition coefficient (Wildman–Crippen LogP) is 2.66. The number of nitrogens with zero attached hydrogens (tertiary/aromatic N) is 2. The first-order valence-corrected chi connectivity index (χ1v) is 6.53. The smallest absolute Gasteiger partial charge is 0.0950 e. The lowest BCUT2D eigenvalue weighted by Gasteiger charge is -2.13. The van der Waals surface area contributed by atoms with Crippen LogP contribution in [0.25, 0.3) is 0 Å². The van der Waals surface area contributed by atoms with Crippen LogP contribution in [-0.2, 0) is 6.42 Å². The molecule has 1 unspecified atom stereocenters. The van der Waals surface area contributed by atoms with Crippen LogP contribution in [-0.4, -0.2) is 17.0 Å². The van der Waals surface area contributed by atoms with Gasteiger partial charge in [-0.15, -0.1) is 11.3 Å². The van der Waals surface area contributed by atoms with Gasteiger partial charge in [-0.25, -0.2) is 4.98 Å². The van der Waals surface area contributed by atoms with Gasteiger partial charge >= 0.3 is 0 Å². The zero-order valence-corrected chi connectivity index (χ0v) is 11.2. The molecule has 1 N–H and O–H groups in total. The highest BCUT2D eigenvalue weighted by atomic mass is 32.1. The topological polar surface area (TPSA) is 37.8 Å². The molecule has 17 heavy (non-hydrogen) atoms. The third-order valence-electron chi connectivity index (χ3n) is 2.84. The van der Waals surface area contributed by atoms with Gasteiger partial charge in [0.15, 0.2) is 0 Å². The van der Waals surface area contributed by atoms with Crippen LogP contribution in [0.1, 0.15) is 27.3 Å². The van der Waals surface area contributed by atoms with Gasteiger partial charge in [0.1, 0.15) is 0 Å². The lowest BCUT2D eigenvalue weighted by molar-refractivity contribution is 0.574. The van der Waals surface area contributed by atoms with Crippen LogP contribution in [0.5, 0.6) is 0 Å². The average molecular weight is 247 g/mol. The van der Waals surface area contributed by atoms with Gasteiger partial charge in [0, 0.05) is 17.5 Å². The maximum atomic E-state index is 4.57. The van der Waals surface area contributed by atoms with E-state index in [0.717, 1.165) is 17.8 Å². The zero-order valence-electron chi connectivity index (χ0n) is 10.4. The second-order valence-electron chi connectivity index (χ2n) is 4.05. The minimum atomic E-state index is 0.237. The molecule has 0 fully saturated rings. The van der Waals surface area contributed by atoms with Crippen LogP contribution in [0.2, 0.25) is 0 Å². The van der Waals surface area contributed by atoms with Crippen molar-refractivity contribution in [1.29, 1.82) is 0 Å². The zero-order chi connectivity index (χ0) is 12.3. The molecule has 0 radical (unpaired) electrons. The summed E-state index contributed by atoms with van der Waals surface area (Å²) < 4.78 is 0. The van der Waals surface area contributed by atoms with E-state index in [2.05, 4.69) is 35.2 Å². The van der Waals surface area contributed by atoms with Crippen LogP contribution in [0, 0.1) is 13.8 Å². The lowest BCUT2D eigenvalue weighted by atomic mass is 10.1. The Kier molecular flexibility index (Phi) is 3.86. The van der Waals surface area contributed by atoms with E-state index < -0.39 is 0 Å². The van der Waals surface area contributed by atoms with Crippen molar-refractivity contribution in [1.82, 2.24) is 15.3 Å². The summed E-state index contributed by atoms with van der Waals surface area (Å²) in [6, 6.07) is 6.24. The highest BCUT2D eigenvalue weighted by molar-refractivity contribution is 7.11. The van der Waals surface area contributed by atoms with Crippen molar-refractivity contribution in [3.8, 4) is 0 Å². The third-order valence-corrected chi connectivity index (χ3v) is 3.94. The van der Waals surface area contributed by atoms with Crippen molar-refractivity contribution in [3.63, 3.8) is 0 Å². The molecule has 0 saturated carbocycles. The summed E-state index contributed by atoms with van der Waals surface area (Å²) in [6.45, 7) is 4.18. The predicted molar refractivity (Wildman–Crippen MR) is 71.3 cm³/mol. The van der Waals surface area contributed by atoms with Crippen molar-refractivity contribution >= 4 is 11.3 Å². The number of nitrogens with one attached hydrogen (secondary N) is 1. The number of hydrogen-bond acceptors (Lipinski definition) is 4. The maximum Gasteiger partial charge on any atom is 0.0950 e. The molecule has 90 valence electrons. The summed E-state index contributed by atoms with van der Waals surface area (Å²) in [5, 5.41) is 4.47. The Bertz CT molecular complexity index is 459. The fraction of sp³-hybridized carbons (Fsp3) is 0.385. The molecule has 3 nitrogen and oxygen atoms in total. The minimum absolute atomic E-state index is 0.237. The lowest BCUT2D eigenvalue weighted by Crippen LogP contribution is -2.19. The third kappa shape index (κ3) is 2.90. The van der Waals surface area contributed by atoms with Crippen molar-refractivity contribution in [2.75, 3.05) is 7.05 Å². The van der Waals surface area contributed by atoms with E-state index in [4.69, 9.17) is 0 Å². The molecule has 2 heterocycles. The Hall–Kier alpha value is -1.26. The van der Waals surface area contributed by atoms with E-state index >= 15 is 0 Å². The van der Waals surface area contributed by atoms with Crippen LogP contribution >= 0.6 is 11.3 Å². The largest absolute Gasteiger partial charge is 0.311 e. The Morgan fingerprint density at radius 3 is 2.71 bits per heavy atom. The van der Waals surface area contributed by atoms with Gasteiger partial charge in [-0.2, -0.15) is 0 Å². The monoisotopic (exact) mass is 247 g/mol. The molecule has 0 aliphatic heterocycles. The van der Waals surface area contributed by atoms with Gasteiger partial charge in [-0.05, 0) is 33.0 Å². The number of thiazole rings is 1. The van der Waals surface area contributed by atoms with Gasteiger partial charge < -0.3 is 5.32 Å². The van der Waals surface area contributed by atoms with Crippen molar-refractivity contribution in [2.24, 2.45) is 0 Å². The molecule has 1 atom stereocenters. The molecule has 0 aromatic carbocycles. The Morgan fingerprint density at radius 1 is 1.35 bits per heavy atom. The Morgan fingerprint density at radius 2 is 2.18 bits per heavy atom. The molecule has 0 bridgehead atoms. The van der Waals surface area contributed by atoms with Crippen LogP contribution in [0.15, 0.2) is 24.4 Å². The quantitative estimate of drug-likeness (QED) is 0.902. The van der Waals surface area contributed by atoms with E-state index in [9.17, 15) is 0 Å². The number of rotatable bonds is 4. The van der Waals surface area contributed by atoms with Crippen LogP contribution in [0.4, 0.5) is 0 Å². The van der Waals surface area contributed by atoms with Crippen LogP contribution < -0.4 is 5.32 Å². The van der Waals surface area contributed by atoms with E-state index in [-0.39, 0.29) is 6.04 Å². The molecule has 0 spiro atoms. The number of aryl methyl sites for hydroxylation is 2. The second-order valence-corrected chi connectivity index (χ2v) is 5.34. The van der Waals surface area contributed by atoms with Crippen molar-refractivity contribution in [2.45, 2.75) is 26.3 Å². The highest BCUT2D eigenvalue weighted by Crippen LogP contribution is 2.22. The molecule has 0 aliphatic rings. The molecule has 0 saturated heterocycles. The second kappa shape index (κ2) is 5.38. The molecule has 0 amide bonds. The first kappa shape index (κ1) is 12.2. The SMILES string of the molecule is CNC(Cc1nc(C)c(C)s1)c1ccccn1. The minimum Gasteiger partial charge on any atom is -0.311 e. The molecule has 2 rings (SSSR count). The fourth-order valence-electron chi connectivity index (χ4n) is 1.74. The summed E-state index contributed by atoms with van der Waals surface area (Å²) >= 11 is 1.77. The van der Waals surface area contributed by atoms with E-state index in [1.54, 1.807) is 11.3 Å². The van der Waals surface area contributed by atoms with E-state index in [1.165, 1.54) is 9.88 Å². The number of pyridine rings is 1. The summed E-state index contributed by atoms with van der Waals surface area (Å²) in [7, 11) is 1.96. The molecule has 2 aromatic rings. The van der Waals surface area contributed by atoms with Gasteiger partial charge in [0.2, 0.25) is 0 Å². The van der Waals surface area contributed by atoms with E-state index in [0.29, 0.717) is 0 Å². The summed E-state index contributed by atoms with van der Waals surface area (Å²) in [5.41, 5.74) is 2.21. The summed E-state index contributed by atoms with van der Waals surface area (Å²) in [5.74, 6) is 0. The first-order chi connectivity index (χ1) is 8.20. The Labute approximate surface area is 106 Å². The van der Waals surface area contributed by atoms with Crippen molar-refractivity contribution < 1.29 is 0 Å². The number of likely N-dealkylation sites (N-methyl/N-ethyl adjacent to an activating group) is 1. The van der Waals surface area contributed by atoms with Gasteiger partial charge in [-0.1, -0.05) is 6.07 Å². The molecule has 4 heteroatoms.